The monoisotopic (exact) mass is 277 g/mol. The first-order valence-electron chi connectivity index (χ1n) is 7.38. The molecule has 20 heavy (non-hydrogen) atoms. The van der Waals surface area contributed by atoms with Crippen LogP contribution in [0.1, 0.15) is 26.2 Å². The third-order valence-corrected chi connectivity index (χ3v) is 3.74. The Labute approximate surface area is 119 Å². The SMILES string of the molecule is CCCN(C(=O)Cn1ccccc1=O)C1CCNCC1. The number of aromatic nitrogens is 1. The van der Waals surface area contributed by atoms with Gasteiger partial charge in [-0.25, -0.2) is 0 Å². The molecule has 0 aliphatic carbocycles. The van der Waals surface area contributed by atoms with Crippen molar-refractivity contribution in [2.45, 2.75) is 38.8 Å². The molecule has 0 atom stereocenters. The summed E-state index contributed by atoms with van der Waals surface area (Å²) in [4.78, 5) is 26.2. The molecule has 1 aliphatic heterocycles. The van der Waals surface area contributed by atoms with E-state index in [1.54, 1.807) is 18.3 Å². The standard InChI is InChI=1S/C15H23N3O2/c1-2-10-18(13-6-8-16-9-7-13)15(20)12-17-11-4-3-5-14(17)19/h3-5,11,13,16H,2,6-10,12H2,1H3. The van der Waals surface area contributed by atoms with Gasteiger partial charge in [-0.15, -0.1) is 0 Å². The molecular formula is C15H23N3O2. The van der Waals surface area contributed by atoms with Crippen LogP contribution in [0.3, 0.4) is 0 Å². The van der Waals surface area contributed by atoms with Crippen molar-refractivity contribution in [2.24, 2.45) is 0 Å². The number of piperidine rings is 1. The predicted octanol–water partition coefficient (Wildman–Crippen LogP) is 0.839. The minimum Gasteiger partial charge on any atom is -0.338 e. The van der Waals surface area contributed by atoms with Crippen LogP contribution in [0.2, 0.25) is 0 Å². The summed E-state index contributed by atoms with van der Waals surface area (Å²) in [6, 6.07) is 5.27. The molecule has 5 heteroatoms. The highest BCUT2D eigenvalue weighted by Gasteiger charge is 2.24. The largest absolute Gasteiger partial charge is 0.338 e. The van der Waals surface area contributed by atoms with Crippen LogP contribution in [0, 0.1) is 0 Å². The number of hydrogen-bond donors (Lipinski definition) is 1. The first kappa shape index (κ1) is 14.8. The van der Waals surface area contributed by atoms with E-state index in [9.17, 15) is 9.59 Å². The lowest BCUT2D eigenvalue weighted by atomic mass is 10.0. The molecule has 1 aromatic heterocycles. The number of pyridine rings is 1. The minimum atomic E-state index is -0.123. The van der Waals surface area contributed by atoms with Gasteiger partial charge in [0.1, 0.15) is 6.54 Å². The van der Waals surface area contributed by atoms with Crippen LogP contribution in [0.4, 0.5) is 0 Å². The maximum absolute atomic E-state index is 12.5. The lowest BCUT2D eigenvalue weighted by molar-refractivity contribution is -0.134. The highest BCUT2D eigenvalue weighted by atomic mass is 16.2. The van der Waals surface area contributed by atoms with Gasteiger partial charge < -0.3 is 14.8 Å². The number of hydrogen-bond acceptors (Lipinski definition) is 3. The molecule has 0 unspecified atom stereocenters. The Bertz CT molecular complexity index is 492. The first-order valence-corrected chi connectivity index (χ1v) is 7.38. The zero-order valence-corrected chi connectivity index (χ0v) is 12.0. The lowest BCUT2D eigenvalue weighted by Crippen LogP contribution is -2.48. The van der Waals surface area contributed by atoms with Crippen LogP contribution < -0.4 is 10.9 Å². The van der Waals surface area contributed by atoms with Gasteiger partial charge >= 0.3 is 0 Å². The summed E-state index contributed by atoms with van der Waals surface area (Å²) in [6.45, 7) is 4.91. The lowest BCUT2D eigenvalue weighted by Gasteiger charge is -2.34. The van der Waals surface area contributed by atoms with Gasteiger partial charge in [-0.2, -0.15) is 0 Å². The van der Waals surface area contributed by atoms with Gasteiger partial charge in [0.2, 0.25) is 5.91 Å². The average molecular weight is 277 g/mol. The van der Waals surface area contributed by atoms with Crippen molar-refractivity contribution in [3.05, 3.63) is 34.7 Å². The Morgan fingerprint density at radius 1 is 1.40 bits per heavy atom. The van der Waals surface area contributed by atoms with Crippen LogP contribution in [-0.4, -0.2) is 41.1 Å². The molecule has 0 saturated carbocycles. The Balaban J connectivity index is 2.06. The molecule has 0 aromatic carbocycles. The molecule has 110 valence electrons. The van der Waals surface area contributed by atoms with Crippen molar-refractivity contribution >= 4 is 5.91 Å². The van der Waals surface area contributed by atoms with E-state index in [2.05, 4.69) is 12.2 Å². The van der Waals surface area contributed by atoms with Crippen LogP contribution >= 0.6 is 0 Å². The third kappa shape index (κ3) is 3.70. The molecule has 1 fully saturated rings. The van der Waals surface area contributed by atoms with E-state index in [0.29, 0.717) is 6.04 Å². The van der Waals surface area contributed by atoms with E-state index in [4.69, 9.17) is 0 Å². The second-order valence-electron chi connectivity index (χ2n) is 5.24. The van der Waals surface area contributed by atoms with Crippen molar-refractivity contribution in [2.75, 3.05) is 19.6 Å². The fourth-order valence-electron chi connectivity index (χ4n) is 2.70. The Kier molecular flexibility index (Phi) is 5.35. The van der Waals surface area contributed by atoms with Crippen LogP contribution in [0.25, 0.3) is 0 Å². The van der Waals surface area contributed by atoms with E-state index in [0.717, 1.165) is 38.9 Å². The van der Waals surface area contributed by atoms with Gasteiger partial charge in [0.05, 0.1) is 0 Å². The summed E-state index contributed by atoms with van der Waals surface area (Å²) in [7, 11) is 0. The first-order chi connectivity index (χ1) is 9.72. The van der Waals surface area contributed by atoms with Gasteiger partial charge in [0.15, 0.2) is 0 Å². The smallest absolute Gasteiger partial charge is 0.250 e. The molecule has 0 bridgehead atoms. The normalized spacial score (nSPS) is 16.1. The molecular weight excluding hydrogens is 254 g/mol. The Morgan fingerprint density at radius 3 is 2.80 bits per heavy atom. The minimum absolute atomic E-state index is 0.0482. The van der Waals surface area contributed by atoms with E-state index in [1.165, 1.54) is 10.6 Å². The number of nitrogens with zero attached hydrogens (tertiary/aromatic N) is 2. The second kappa shape index (κ2) is 7.24. The summed E-state index contributed by atoms with van der Waals surface area (Å²) in [6.07, 6.45) is 4.61. The molecule has 5 nitrogen and oxygen atoms in total. The second-order valence-corrected chi connectivity index (χ2v) is 5.24. The highest BCUT2D eigenvalue weighted by Crippen LogP contribution is 2.13. The molecule has 2 heterocycles. The van der Waals surface area contributed by atoms with Crippen LogP contribution in [0.15, 0.2) is 29.2 Å². The maximum atomic E-state index is 12.5. The summed E-state index contributed by atoms with van der Waals surface area (Å²) in [5.41, 5.74) is -0.123. The maximum Gasteiger partial charge on any atom is 0.250 e. The average Bonchev–Trinajstić information content (AvgIpc) is 2.48. The Hall–Kier alpha value is -1.62. The molecule has 0 spiro atoms. The number of nitrogens with one attached hydrogen (secondary N) is 1. The Morgan fingerprint density at radius 2 is 2.15 bits per heavy atom. The van der Waals surface area contributed by atoms with E-state index in [1.807, 2.05) is 4.90 Å². The zero-order valence-electron chi connectivity index (χ0n) is 12.0. The molecule has 1 N–H and O–H groups in total. The summed E-state index contributed by atoms with van der Waals surface area (Å²) in [5, 5.41) is 3.32. The van der Waals surface area contributed by atoms with Crippen molar-refractivity contribution < 1.29 is 4.79 Å². The van der Waals surface area contributed by atoms with Gasteiger partial charge in [-0.1, -0.05) is 13.0 Å². The number of rotatable bonds is 5. The fraction of sp³-hybridized carbons (Fsp3) is 0.600. The van der Waals surface area contributed by atoms with Crippen molar-refractivity contribution in [1.82, 2.24) is 14.8 Å². The van der Waals surface area contributed by atoms with E-state index >= 15 is 0 Å². The van der Waals surface area contributed by atoms with Crippen LogP contribution in [0.5, 0.6) is 0 Å². The molecule has 1 aliphatic rings. The molecule has 1 aromatic rings. The van der Waals surface area contributed by atoms with Crippen molar-refractivity contribution in [3.63, 3.8) is 0 Å². The topological polar surface area (TPSA) is 54.3 Å². The molecule has 0 radical (unpaired) electrons. The molecule has 1 amide bonds. The molecule has 1 saturated heterocycles. The van der Waals surface area contributed by atoms with Crippen LogP contribution in [-0.2, 0) is 11.3 Å². The summed E-state index contributed by atoms with van der Waals surface area (Å²) in [5.74, 6) is 0.0482. The number of carbonyl (C=O) groups is 1. The van der Waals surface area contributed by atoms with E-state index in [-0.39, 0.29) is 18.0 Å². The predicted molar refractivity (Wildman–Crippen MR) is 78.6 cm³/mol. The summed E-state index contributed by atoms with van der Waals surface area (Å²) < 4.78 is 1.48. The van der Waals surface area contributed by atoms with Crippen molar-refractivity contribution in [1.29, 1.82) is 0 Å². The van der Waals surface area contributed by atoms with Crippen molar-refractivity contribution in [3.8, 4) is 0 Å². The summed E-state index contributed by atoms with van der Waals surface area (Å²) >= 11 is 0. The van der Waals surface area contributed by atoms with Gasteiger partial charge in [0.25, 0.3) is 5.56 Å². The number of carbonyl (C=O) groups excluding carboxylic acids is 1. The molecule has 2 rings (SSSR count). The van der Waals surface area contributed by atoms with Gasteiger partial charge in [0, 0.05) is 24.8 Å². The van der Waals surface area contributed by atoms with E-state index < -0.39 is 0 Å². The van der Waals surface area contributed by atoms with Gasteiger partial charge in [-0.05, 0) is 38.4 Å². The fourth-order valence-corrected chi connectivity index (χ4v) is 2.70. The third-order valence-electron chi connectivity index (χ3n) is 3.74. The zero-order chi connectivity index (χ0) is 14.4. The highest BCUT2D eigenvalue weighted by molar-refractivity contribution is 5.76. The van der Waals surface area contributed by atoms with Gasteiger partial charge in [-0.3, -0.25) is 9.59 Å². The number of amides is 1. The quantitative estimate of drug-likeness (QED) is 0.867.